The average Bonchev–Trinajstić information content (AvgIpc) is 2.36. The Morgan fingerprint density at radius 1 is 1.29 bits per heavy atom. The van der Waals surface area contributed by atoms with E-state index < -0.39 is 38.0 Å². The molecule has 2 N–H and O–H groups in total. The highest BCUT2D eigenvalue weighted by Gasteiger charge is 2.27. The molecule has 0 aliphatic heterocycles. The zero-order valence-corrected chi connectivity index (χ0v) is 12.9. The number of hydrogen-bond donors (Lipinski definition) is 1. The summed E-state index contributed by atoms with van der Waals surface area (Å²) in [7, 11) is -4.35. The lowest BCUT2D eigenvalue weighted by atomic mass is 10.1. The van der Waals surface area contributed by atoms with Crippen molar-refractivity contribution in [2.24, 2.45) is 5.14 Å². The van der Waals surface area contributed by atoms with Gasteiger partial charge >= 0.3 is 0 Å². The van der Waals surface area contributed by atoms with Gasteiger partial charge < -0.3 is 4.90 Å². The van der Waals surface area contributed by atoms with Crippen LogP contribution in [0.2, 0.25) is 0 Å². The van der Waals surface area contributed by atoms with Crippen LogP contribution < -0.4 is 5.14 Å². The van der Waals surface area contributed by atoms with Crippen LogP contribution in [-0.2, 0) is 10.0 Å². The minimum atomic E-state index is -4.35. The first-order valence-electron chi connectivity index (χ1n) is 6.42. The molecule has 1 rings (SSSR count). The smallest absolute Gasteiger partial charge is 0.255 e. The molecule has 0 saturated carbocycles. The normalized spacial score (nSPS) is 11.8. The first kappa shape index (κ1) is 17.5. The van der Waals surface area contributed by atoms with Crippen LogP contribution in [0.5, 0.6) is 0 Å². The van der Waals surface area contributed by atoms with Gasteiger partial charge in [0.15, 0.2) is 11.6 Å². The van der Waals surface area contributed by atoms with Crippen LogP contribution >= 0.6 is 0 Å². The maximum absolute atomic E-state index is 13.4. The molecule has 1 amide bonds. The van der Waals surface area contributed by atoms with Gasteiger partial charge in [0.25, 0.3) is 5.91 Å². The van der Waals surface area contributed by atoms with Crippen molar-refractivity contribution < 1.29 is 22.0 Å². The summed E-state index contributed by atoms with van der Waals surface area (Å²) in [5.74, 6) is -3.37. The molecule has 0 aliphatic rings. The molecule has 1 aromatic carbocycles. The van der Waals surface area contributed by atoms with E-state index in [9.17, 15) is 22.0 Å². The van der Waals surface area contributed by atoms with Crippen LogP contribution in [0.1, 0.15) is 37.6 Å². The lowest BCUT2D eigenvalue weighted by molar-refractivity contribution is 0.0701. The van der Waals surface area contributed by atoms with E-state index in [0.29, 0.717) is 25.1 Å². The number of primary sulfonamides is 1. The summed E-state index contributed by atoms with van der Waals surface area (Å²) in [5, 5.41) is 4.98. The van der Waals surface area contributed by atoms with Gasteiger partial charge in [0, 0.05) is 12.6 Å². The van der Waals surface area contributed by atoms with Crippen molar-refractivity contribution in [3.05, 3.63) is 29.3 Å². The van der Waals surface area contributed by atoms with Gasteiger partial charge in [-0.2, -0.15) is 0 Å². The Hall–Kier alpha value is -1.54. The summed E-state index contributed by atoms with van der Waals surface area (Å²) < 4.78 is 49.6. The number of carbonyl (C=O) groups excluding carboxylic acids is 1. The van der Waals surface area contributed by atoms with Crippen molar-refractivity contribution >= 4 is 15.9 Å². The molecule has 0 spiro atoms. The first-order chi connectivity index (χ1) is 9.59. The van der Waals surface area contributed by atoms with Gasteiger partial charge in [-0.25, -0.2) is 22.3 Å². The van der Waals surface area contributed by atoms with Crippen LogP contribution in [-0.4, -0.2) is 31.8 Å². The highest BCUT2D eigenvalue weighted by Crippen LogP contribution is 2.21. The van der Waals surface area contributed by atoms with E-state index in [4.69, 9.17) is 5.14 Å². The van der Waals surface area contributed by atoms with Gasteiger partial charge in [0.1, 0.15) is 0 Å². The van der Waals surface area contributed by atoms with E-state index in [1.54, 1.807) is 13.8 Å². The molecule has 0 aliphatic carbocycles. The molecule has 0 bridgehead atoms. The van der Waals surface area contributed by atoms with E-state index in [2.05, 4.69) is 0 Å². The van der Waals surface area contributed by atoms with Crippen LogP contribution in [0.15, 0.2) is 17.0 Å². The maximum Gasteiger partial charge on any atom is 0.255 e. The minimum absolute atomic E-state index is 0.223. The Morgan fingerprint density at radius 3 is 2.24 bits per heavy atom. The van der Waals surface area contributed by atoms with E-state index in [0.717, 1.165) is 0 Å². The lowest BCUT2D eigenvalue weighted by Gasteiger charge is -2.27. The molecule has 8 heteroatoms. The second-order valence-corrected chi connectivity index (χ2v) is 6.43. The Kier molecular flexibility index (Phi) is 5.41. The summed E-state index contributed by atoms with van der Waals surface area (Å²) in [6.07, 6.45) is 0.637. The molecule has 0 aromatic heterocycles. The van der Waals surface area contributed by atoms with Gasteiger partial charge in [-0.05, 0) is 32.4 Å². The molecule has 21 heavy (non-hydrogen) atoms. The SMILES string of the molecule is CCCN(C(=O)c1cc(F)c(F)cc1S(N)(=O)=O)C(C)C. The fourth-order valence-corrected chi connectivity index (χ4v) is 2.64. The van der Waals surface area contributed by atoms with Crippen molar-refractivity contribution in [1.29, 1.82) is 0 Å². The lowest BCUT2D eigenvalue weighted by Crippen LogP contribution is -2.38. The molecule has 0 heterocycles. The fourth-order valence-electron chi connectivity index (χ4n) is 1.92. The Bertz CT molecular complexity index is 645. The van der Waals surface area contributed by atoms with E-state index in [1.807, 2.05) is 6.92 Å². The van der Waals surface area contributed by atoms with Crippen molar-refractivity contribution in [2.45, 2.75) is 38.1 Å². The quantitative estimate of drug-likeness (QED) is 0.899. The van der Waals surface area contributed by atoms with E-state index in [-0.39, 0.29) is 6.04 Å². The highest BCUT2D eigenvalue weighted by atomic mass is 32.2. The topological polar surface area (TPSA) is 80.5 Å². The van der Waals surface area contributed by atoms with E-state index in [1.165, 1.54) is 4.90 Å². The summed E-state index contributed by atoms with van der Waals surface area (Å²) in [4.78, 5) is 13.1. The fraction of sp³-hybridized carbons (Fsp3) is 0.462. The summed E-state index contributed by atoms with van der Waals surface area (Å²) in [6.45, 7) is 5.68. The van der Waals surface area contributed by atoms with Gasteiger partial charge in [-0.3, -0.25) is 4.79 Å². The second-order valence-electron chi connectivity index (χ2n) is 4.90. The molecule has 0 atom stereocenters. The maximum atomic E-state index is 13.4. The minimum Gasteiger partial charge on any atom is -0.336 e. The van der Waals surface area contributed by atoms with Crippen molar-refractivity contribution in [3.63, 3.8) is 0 Å². The molecule has 0 saturated heterocycles. The van der Waals surface area contributed by atoms with Crippen LogP contribution in [0.3, 0.4) is 0 Å². The number of rotatable bonds is 5. The number of halogens is 2. The number of nitrogens with zero attached hydrogens (tertiary/aromatic N) is 1. The average molecular weight is 320 g/mol. The van der Waals surface area contributed by atoms with Gasteiger partial charge in [0.2, 0.25) is 10.0 Å². The highest BCUT2D eigenvalue weighted by molar-refractivity contribution is 7.89. The first-order valence-corrected chi connectivity index (χ1v) is 7.97. The molecule has 0 radical (unpaired) electrons. The largest absolute Gasteiger partial charge is 0.336 e. The Morgan fingerprint density at radius 2 is 1.81 bits per heavy atom. The zero-order valence-electron chi connectivity index (χ0n) is 12.1. The molecule has 118 valence electrons. The number of benzene rings is 1. The summed E-state index contributed by atoms with van der Waals surface area (Å²) in [5.41, 5.74) is -0.460. The van der Waals surface area contributed by atoms with Gasteiger partial charge in [-0.1, -0.05) is 6.92 Å². The third-order valence-electron chi connectivity index (χ3n) is 2.91. The Labute approximate surface area is 122 Å². The number of carbonyl (C=O) groups is 1. The van der Waals surface area contributed by atoms with E-state index >= 15 is 0 Å². The molecule has 0 unspecified atom stereocenters. The second kappa shape index (κ2) is 6.48. The molecule has 1 aromatic rings. The number of hydrogen-bond acceptors (Lipinski definition) is 3. The third kappa shape index (κ3) is 3.98. The number of sulfonamides is 1. The third-order valence-corrected chi connectivity index (χ3v) is 3.86. The molecular weight excluding hydrogens is 302 g/mol. The molecule has 5 nitrogen and oxygen atoms in total. The standard InChI is InChI=1S/C13H18F2N2O3S/c1-4-5-17(8(2)3)13(18)9-6-10(14)11(15)7-12(9)21(16,19)20/h6-8H,4-5H2,1-3H3,(H2,16,19,20). The van der Waals surface area contributed by atoms with Crippen molar-refractivity contribution in [3.8, 4) is 0 Å². The van der Waals surface area contributed by atoms with Gasteiger partial charge in [-0.15, -0.1) is 0 Å². The zero-order chi connectivity index (χ0) is 16.4. The summed E-state index contributed by atoms with van der Waals surface area (Å²) >= 11 is 0. The number of amides is 1. The van der Waals surface area contributed by atoms with Gasteiger partial charge in [0.05, 0.1) is 10.5 Å². The Balaban J connectivity index is 3.47. The monoisotopic (exact) mass is 320 g/mol. The predicted octanol–water partition coefficient (Wildman–Crippen LogP) is 1.87. The summed E-state index contributed by atoms with van der Waals surface area (Å²) in [6, 6.07) is 0.782. The van der Waals surface area contributed by atoms with Crippen molar-refractivity contribution in [1.82, 2.24) is 4.90 Å². The van der Waals surface area contributed by atoms with Crippen molar-refractivity contribution in [2.75, 3.05) is 6.54 Å². The molecule has 0 fully saturated rings. The van der Waals surface area contributed by atoms with Crippen LogP contribution in [0, 0.1) is 11.6 Å². The predicted molar refractivity (Wildman–Crippen MR) is 74.2 cm³/mol. The van der Waals surface area contributed by atoms with Crippen LogP contribution in [0.25, 0.3) is 0 Å². The molecular formula is C13H18F2N2O3S. The number of nitrogens with two attached hydrogens (primary N) is 1. The van der Waals surface area contributed by atoms with Crippen LogP contribution in [0.4, 0.5) is 8.78 Å².